The summed E-state index contributed by atoms with van der Waals surface area (Å²) in [6.07, 6.45) is 0. The monoisotopic (exact) mass is 246 g/mol. The van der Waals surface area contributed by atoms with Crippen molar-refractivity contribution in [1.82, 2.24) is 0 Å². The molecule has 0 spiro atoms. The summed E-state index contributed by atoms with van der Waals surface area (Å²) in [5.41, 5.74) is 0. The zero-order chi connectivity index (χ0) is 8.72. The van der Waals surface area contributed by atoms with Gasteiger partial charge in [-0.25, -0.2) is 4.39 Å². The summed E-state index contributed by atoms with van der Waals surface area (Å²) in [5.74, 6) is -0.0972. The predicted molar refractivity (Wildman–Crippen MR) is 51.1 cm³/mol. The van der Waals surface area contributed by atoms with Crippen LogP contribution < -0.4 is 0 Å². The average molecular weight is 247 g/mol. The van der Waals surface area contributed by atoms with Gasteiger partial charge < -0.3 is 5.11 Å². The first-order valence-electron chi connectivity index (χ1n) is 3.24. The van der Waals surface area contributed by atoms with E-state index in [0.29, 0.717) is 9.86 Å². The molecule has 0 aliphatic rings. The van der Waals surface area contributed by atoms with Crippen LogP contribution in [0.5, 0.6) is 5.75 Å². The molecular formula is C8H4BrFOS. The lowest BCUT2D eigenvalue weighted by molar-refractivity contribution is 0.483. The van der Waals surface area contributed by atoms with E-state index >= 15 is 0 Å². The highest BCUT2D eigenvalue weighted by atomic mass is 79.9. The first-order chi connectivity index (χ1) is 5.70. The van der Waals surface area contributed by atoms with Gasteiger partial charge in [0.2, 0.25) is 0 Å². The molecule has 0 amide bonds. The summed E-state index contributed by atoms with van der Waals surface area (Å²) < 4.78 is 14.1. The van der Waals surface area contributed by atoms with Crippen molar-refractivity contribution < 1.29 is 9.50 Å². The molecule has 1 aromatic heterocycles. The van der Waals surface area contributed by atoms with Crippen LogP contribution in [-0.4, -0.2) is 5.11 Å². The highest BCUT2D eigenvalue weighted by Gasteiger charge is 2.08. The van der Waals surface area contributed by atoms with Gasteiger partial charge in [0.05, 0.1) is 9.17 Å². The third kappa shape index (κ3) is 1.03. The molecule has 2 rings (SSSR count). The fraction of sp³-hybridized carbons (Fsp3) is 0. The van der Waals surface area contributed by atoms with Gasteiger partial charge in [-0.2, -0.15) is 0 Å². The minimum Gasteiger partial charge on any atom is -0.506 e. The minimum atomic E-state index is -0.302. The third-order valence-electron chi connectivity index (χ3n) is 1.61. The van der Waals surface area contributed by atoms with E-state index in [4.69, 9.17) is 0 Å². The first kappa shape index (κ1) is 8.01. The van der Waals surface area contributed by atoms with E-state index in [-0.39, 0.29) is 11.6 Å². The second-order valence-electron chi connectivity index (χ2n) is 2.36. The molecule has 1 N–H and O–H groups in total. The van der Waals surface area contributed by atoms with Crippen molar-refractivity contribution in [1.29, 1.82) is 0 Å². The minimum absolute atomic E-state index is 0.204. The zero-order valence-corrected chi connectivity index (χ0v) is 8.25. The molecule has 1 aromatic carbocycles. The van der Waals surface area contributed by atoms with E-state index in [1.807, 2.05) is 0 Å². The molecular weight excluding hydrogens is 243 g/mol. The van der Waals surface area contributed by atoms with Gasteiger partial charge in [0.15, 0.2) is 0 Å². The fourth-order valence-corrected chi connectivity index (χ4v) is 2.51. The summed E-state index contributed by atoms with van der Waals surface area (Å²) in [6.45, 7) is 0. The maximum Gasteiger partial charge on any atom is 0.138 e. The average Bonchev–Trinajstić information content (AvgIpc) is 2.41. The topological polar surface area (TPSA) is 20.2 Å². The Morgan fingerprint density at radius 3 is 2.92 bits per heavy atom. The molecule has 1 nitrogen and oxygen atoms in total. The fourth-order valence-electron chi connectivity index (χ4n) is 1.03. The molecule has 1 heterocycles. The summed E-state index contributed by atoms with van der Waals surface area (Å²) in [4.78, 5) is 0. The Bertz CT molecular complexity index is 438. The number of thiophene rings is 1. The zero-order valence-electron chi connectivity index (χ0n) is 5.84. The normalized spacial score (nSPS) is 10.8. The van der Waals surface area contributed by atoms with Gasteiger partial charge >= 0.3 is 0 Å². The van der Waals surface area contributed by atoms with Crippen LogP contribution in [-0.2, 0) is 0 Å². The number of hydrogen-bond acceptors (Lipinski definition) is 2. The van der Waals surface area contributed by atoms with Crippen molar-refractivity contribution in [2.45, 2.75) is 0 Å². The van der Waals surface area contributed by atoms with E-state index in [9.17, 15) is 9.50 Å². The smallest absolute Gasteiger partial charge is 0.138 e. The van der Waals surface area contributed by atoms with Crippen LogP contribution in [0.4, 0.5) is 4.39 Å². The van der Waals surface area contributed by atoms with Crippen LogP contribution in [0.25, 0.3) is 10.1 Å². The Balaban J connectivity index is 2.93. The lowest BCUT2D eigenvalue weighted by atomic mass is 10.2. The van der Waals surface area contributed by atoms with Gasteiger partial charge in [-0.05, 0) is 28.1 Å². The lowest BCUT2D eigenvalue weighted by Crippen LogP contribution is -1.74. The maximum atomic E-state index is 12.9. The maximum absolute atomic E-state index is 12.9. The predicted octanol–water partition coefficient (Wildman–Crippen LogP) is 3.51. The van der Waals surface area contributed by atoms with E-state index in [1.165, 1.54) is 17.4 Å². The standard InChI is InChI=1S/C8H4BrFOS/c9-7-5(10)2-1-4-6(11)3-12-8(4)7/h1-3,11H. The molecule has 4 heteroatoms. The highest BCUT2D eigenvalue weighted by Crippen LogP contribution is 2.37. The number of aromatic hydroxyl groups is 1. The second kappa shape index (κ2) is 2.71. The summed E-state index contributed by atoms with van der Waals surface area (Å²) in [7, 11) is 0. The van der Waals surface area contributed by atoms with E-state index in [1.54, 1.807) is 11.4 Å². The van der Waals surface area contributed by atoms with Gasteiger partial charge in [-0.1, -0.05) is 0 Å². The molecule has 0 bridgehead atoms. The third-order valence-corrected chi connectivity index (χ3v) is 3.65. The molecule has 2 aromatic rings. The van der Waals surface area contributed by atoms with Crippen LogP contribution >= 0.6 is 27.3 Å². The molecule has 0 radical (unpaired) electrons. The van der Waals surface area contributed by atoms with Crippen LogP contribution in [0.1, 0.15) is 0 Å². The largest absolute Gasteiger partial charge is 0.506 e. The molecule has 0 atom stereocenters. The van der Waals surface area contributed by atoms with Gasteiger partial charge in [-0.3, -0.25) is 0 Å². The Labute approximate surface area is 80.6 Å². The van der Waals surface area contributed by atoms with Gasteiger partial charge in [-0.15, -0.1) is 11.3 Å². The Morgan fingerprint density at radius 2 is 2.17 bits per heavy atom. The molecule has 0 unspecified atom stereocenters. The lowest BCUT2D eigenvalue weighted by Gasteiger charge is -1.95. The highest BCUT2D eigenvalue weighted by molar-refractivity contribution is 9.10. The van der Waals surface area contributed by atoms with Gasteiger partial charge in [0.25, 0.3) is 0 Å². The number of benzene rings is 1. The number of rotatable bonds is 0. The Kier molecular flexibility index (Phi) is 1.81. The SMILES string of the molecule is Oc1csc2c(Br)c(F)ccc12. The molecule has 0 saturated carbocycles. The second-order valence-corrected chi connectivity index (χ2v) is 4.03. The van der Waals surface area contributed by atoms with Crippen LogP contribution in [0, 0.1) is 5.82 Å². The van der Waals surface area contributed by atoms with Gasteiger partial charge in [0, 0.05) is 10.8 Å². The summed E-state index contributed by atoms with van der Waals surface area (Å²) >= 11 is 4.44. The van der Waals surface area contributed by atoms with Crippen molar-refractivity contribution in [2.24, 2.45) is 0 Å². The van der Waals surface area contributed by atoms with Crippen LogP contribution in [0.3, 0.4) is 0 Å². The quantitative estimate of drug-likeness (QED) is 0.755. The number of halogens is 2. The molecule has 12 heavy (non-hydrogen) atoms. The molecule has 62 valence electrons. The van der Waals surface area contributed by atoms with Crippen molar-refractivity contribution in [2.75, 3.05) is 0 Å². The Morgan fingerprint density at radius 1 is 1.42 bits per heavy atom. The van der Waals surface area contributed by atoms with Crippen molar-refractivity contribution in [3.63, 3.8) is 0 Å². The molecule has 0 aliphatic carbocycles. The van der Waals surface area contributed by atoms with Crippen molar-refractivity contribution in [3.8, 4) is 5.75 Å². The van der Waals surface area contributed by atoms with E-state index < -0.39 is 0 Å². The molecule has 0 saturated heterocycles. The number of hydrogen-bond donors (Lipinski definition) is 1. The first-order valence-corrected chi connectivity index (χ1v) is 4.91. The van der Waals surface area contributed by atoms with Crippen molar-refractivity contribution in [3.05, 3.63) is 27.8 Å². The van der Waals surface area contributed by atoms with Crippen molar-refractivity contribution >= 4 is 37.4 Å². The van der Waals surface area contributed by atoms with Gasteiger partial charge in [0.1, 0.15) is 11.6 Å². The Hall–Kier alpha value is -0.610. The van der Waals surface area contributed by atoms with E-state index in [0.717, 1.165) is 4.70 Å². The molecule has 0 aliphatic heterocycles. The summed E-state index contributed by atoms with van der Waals surface area (Å²) in [5, 5.41) is 11.6. The van der Waals surface area contributed by atoms with Crippen LogP contribution in [0.15, 0.2) is 22.0 Å². The number of fused-ring (bicyclic) bond motifs is 1. The molecule has 0 fully saturated rings. The summed E-state index contributed by atoms with van der Waals surface area (Å²) in [6, 6.07) is 2.90. The van der Waals surface area contributed by atoms with E-state index in [2.05, 4.69) is 15.9 Å². The van der Waals surface area contributed by atoms with Crippen LogP contribution in [0.2, 0.25) is 0 Å².